The molecule has 3 rings (SSSR count). The van der Waals surface area contributed by atoms with Gasteiger partial charge in [0.1, 0.15) is 6.26 Å². The number of aryl methyl sites for hydroxylation is 1. The van der Waals surface area contributed by atoms with Gasteiger partial charge in [-0.15, -0.1) is 0 Å². The van der Waals surface area contributed by atoms with Gasteiger partial charge in [-0.05, 0) is 31.9 Å². The maximum Gasteiger partial charge on any atom is 0.226 e. The van der Waals surface area contributed by atoms with E-state index in [1.807, 2.05) is 31.2 Å². The zero-order valence-electron chi connectivity index (χ0n) is 14.2. The molecule has 2 atom stereocenters. The van der Waals surface area contributed by atoms with Crippen molar-refractivity contribution in [2.75, 3.05) is 6.26 Å². The molecule has 1 aliphatic carbocycles. The van der Waals surface area contributed by atoms with Crippen LogP contribution >= 0.6 is 0 Å². The van der Waals surface area contributed by atoms with Crippen LogP contribution in [-0.2, 0) is 16.4 Å². The fraction of sp³-hybridized carbons (Fsp3) is 0.500. The monoisotopic (exact) mass is 348 g/mol. The van der Waals surface area contributed by atoms with E-state index in [0.29, 0.717) is 12.4 Å². The first-order valence-corrected chi connectivity index (χ1v) is 10.3. The van der Waals surface area contributed by atoms with E-state index in [-0.39, 0.29) is 11.3 Å². The minimum Gasteiger partial charge on any atom is -0.444 e. The van der Waals surface area contributed by atoms with Crippen LogP contribution in [0.5, 0.6) is 0 Å². The van der Waals surface area contributed by atoms with Crippen LogP contribution in [0.4, 0.5) is 0 Å². The molecule has 1 saturated carbocycles. The van der Waals surface area contributed by atoms with Crippen LogP contribution < -0.4 is 5.32 Å². The standard InChI is InChI=1S/C18H24N2O3S/c1-13-7-9-14(10-8-13)18-20-15(12-23-18)11-19-16-5-3-4-6-17(16)24(2,21)22/h7-10,12,16-17,19H,3-6,11H2,1-2H3/t16-,17+/m0/s1. The maximum atomic E-state index is 12.0. The van der Waals surface area contributed by atoms with Gasteiger partial charge in [0.15, 0.2) is 9.84 Å². The molecule has 1 heterocycles. The Hall–Kier alpha value is -1.66. The highest BCUT2D eigenvalue weighted by Gasteiger charge is 2.32. The van der Waals surface area contributed by atoms with Gasteiger partial charge < -0.3 is 9.73 Å². The predicted octanol–water partition coefficient (Wildman–Crippen LogP) is 3.10. The molecule has 24 heavy (non-hydrogen) atoms. The minimum absolute atomic E-state index is 0.00623. The normalized spacial score (nSPS) is 21.8. The summed E-state index contributed by atoms with van der Waals surface area (Å²) in [5.74, 6) is 0.593. The van der Waals surface area contributed by atoms with Crippen molar-refractivity contribution in [1.82, 2.24) is 10.3 Å². The molecule has 0 spiro atoms. The van der Waals surface area contributed by atoms with Gasteiger partial charge in [-0.2, -0.15) is 0 Å². The molecular formula is C18H24N2O3S. The molecule has 1 fully saturated rings. The molecule has 1 aromatic heterocycles. The molecule has 0 unspecified atom stereocenters. The molecule has 0 saturated heterocycles. The number of hydrogen-bond acceptors (Lipinski definition) is 5. The third kappa shape index (κ3) is 4.05. The predicted molar refractivity (Wildman–Crippen MR) is 94.4 cm³/mol. The number of nitrogens with zero attached hydrogens (tertiary/aromatic N) is 1. The quantitative estimate of drug-likeness (QED) is 0.899. The number of sulfone groups is 1. The van der Waals surface area contributed by atoms with Gasteiger partial charge in [-0.3, -0.25) is 0 Å². The van der Waals surface area contributed by atoms with Crippen molar-refractivity contribution < 1.29 is 12.8 Å². The number of aromatic nitrogens is 1. The van der Waals surface area contributed by atoms with E-state index < -0.39 is 9.84 Å². The first-order valence-electron chi connectivity index (χ1n) is 8.37. The van der Waals surface area contributed by atoms with Gasteiger partial charge in [0.2, 0.25) is 5.89 Å². The molecule has 6 heteroatoms. The van der Waals surface area contributed by atoms with E-state index in [9.17, 15) is 8.42 Å². The van der Waals surface area contributed by atoms with Crippen LogP contribution in [0.2, 0.25) is 0 Å². The van der Waals surface area contributed by atoms with Gasteiger partial charge in [-0.1, -0.05) is 30.5 Å². The van der Waals surface area contributed by atoms with Crippen LogP contribution in [0.3, 0.4) is 0 Å². The van der Waals surface area contributed by atoms with E-state index >= 15 is 0 Å². The third-order valence-corrected chi connectivity index (χ3v) is 6.31. The number of rotatable bonds is 5. The smallest absolute Gasteiger partial charge is 0.226 e. The van der Waals surface area contributed by atoms with Crippen molar-refractivity contribution >= 4 is 9.84 Å². The average Bonchev–Trinajstić information content (AvgIpc) is 3.02. The Kier molecular flexibility index (Phi) is 5.06. The van der Waals surface area contributed by atoms with E-state index in [4.69, 9.17) is 4.42 Å². The third-order valence-electron chi connectivity index (χ3n) is 4.65. The van der Waals surface area contributed by atoms with Crippen molar-refractivity contribution in [3.8, 4) is 11.5 Å². The second kappa shape index (κ2) is 7.07. The second-order valence-electron chi connectivity index (χ2n) is 6.65. The lowest BCUT2D eigenvalue weighted by Crippen LogP contribution is -2.45. The van der Waals surface area contributed by atoms with Gasteiger partial charge in [0, 0.05) is 24.4 Å². The largest absolute Gasteiger partial charge is 0.444 e. The highest BCUT2D eigenvalue weighted by molar-refractivity contribution is 7.91. The summed E-state index contributed by atoms with van der Waals surface area (Å²) >= 11 is 0. The maximum absolute atomic E-state index is 12.0. The Labute approximate surface area is 143 Å². The number of oxazole rings is 1. The minimum atomic E-state index is -3.03. The zero-order chi connectivity index (χ0) is 17.2. The van der Waals surface area contributed by atoms with Crippen LogP contribution in [0.1, 0.15) is 36.9 Å². The molecule has 1 aliphatic rings. The van der Waals surface area contributed by atoms with Gasteiger partial charge >= 0.3 is 0 Å². The first kappa shape index (κ1) is 17.2. The molecule has 5 nitrogen and oxygen atoms in total. The summed E-state index contributed by atoms with van der Waals surface area (Å²) < 4.78 is 29.5. The Morgan fingerprint density at radius 1 is 1.21 bits per heavy atom. The SMILES string of the molecule is Cc1ccc(-c2nc(CN[C@H]3CCCC[C@H]3S(C)(=O)=O)co2)cc1. The summed E-state index contributed by atoms with van der Waals surface area (Å²) in [7, 11) is -3.03. The summed E-state index contributed by atoms with van der Waals surface area (Å²) in [5.41, 5.74) is 2.93. The summed E-state index contributed by atoms with van der Waals surface area (Å²) in [5, 5.41) is 3.07. The Balaban J connectivity index is 1.65. The lowest BCUT2D eigenvalue weighted by atomic mass is 9.95. The molecule has 1 N–H and O–H groups in total. The second-order valence-corrected chi connectivity index (χ2v) is 8.91. The zero-order valence-corrected chi connectivity index (χ0v) is 15.0. The Bertz CT molecular complexity index is 781. The summed E-state index contributed by atoms with van der Waals surface area (Å²) in [4.78, 5) is 4.50. The van der Waals surface area contributed by atoms with Crippen LogP contribution in [0, 0.1) is 6.92 Å². The van der Waals surface area contributed by atoms with Crippen LogP contribution in [0.25, 0.3) is 11.5 Å². The van der Waals surface area contributed by atoms with Crippen molar-refractivity contribution in [2.45, 2.75) is 50.4 Å². The highest BCUT2D eigenvalue weighted by Crippen LogP contribution is 2.25. The fourth-order valence-corrected chi connectivity index (χ4v) is 4.72. The van der Waals surface area contributed by atoms with E-state index in [1.165, 1.54) is 11.8 Å². The molecule has 130 valence electrons. The van der Waals surface area contributed by atoms with Crippen molar-refractivity contribution in [3.63, 3.8) is 0 Å². The molecule has 0 aliphatic heterocycles. The number of nitrogens with one attached hydrogen (secondary N) is 1. The highest BCUT2D eigenvalue weighted by atomic mass is 32.2. The van der Waals surface area contributed by atoms with E-state index in [1.54, 1.807) is 6.26 Å². The summed E-state index contributed by atoms with van der Waals surface area (Å²) in [6, 6.07) is 8.01. The van der Waals surface area contributed by atoms with Crippen LogP contribution in [-0.4, -0.2) is 30.9 Å². The topological polar surface area (TPSA) is 72.2 Å². The van der Waals surface area contributed by atoms with Crippen LogP contribution in [0.15, 0.2) is 34.9 Å². The lowest BCUT2D eigenvalue weighted by Gasteiger charge is -2.30. The Morgan fingerprint density at radius 2 is 1.92 bits per heavy atom. The lowest BCUT2D eigenvalue weighted by molar-refractivity contribution is 0.369. The molecule has 2 aromatic rings. The summed E-state index contributed by atoms with van der Waals surface area (Å²) in [6.45, 7) is 2.56. The fourth-order valence-electron chi connectivity index (χ4n) is 3.30. The molecular weight excluding hydrogens is 324 g/mol. The van der Waals surface area contributed by atoms with Gasteiger partial charge in [-0.25, -0.2) is 13.4 Å². The first-order chi connectivity index (χ1) is 11.4. The van der Waals surface area contributed by atoms with E-state index in [0.717, 1.165) is 36.9 Å². The molecule has 0 amide bonds. The Morgan fingerprint density at radius 3 is 2.62 bits per heavy atom. The average molecular weight is 348 g/mol. The van der Waals surface area contributed by atoms with Crippen molar-refractivity contribution in [3.05, 3.63) is 41.8 Å². The number of benzene rings is 1. The van der Waals surface area contributed by atoms with Crippen molar-refractivity contribution in [2.24, 2.45) is 0 Å². The molecule has 0 radical (unpaired) electrons. The number of hydrogen-bond donors (Lipinski definition) is 1. The van der Waals surface area contributed by atoms with Crippen molar-refractivity contribution in [1.29, 1.82) is 0 Å². The molecule has 0 bridgehead atoms. The molecule has 1 aromatic carbocycles. The van der Waals surface area contributed by atoms with Gasteiger partial charge in [0.05, 0.1) is 10.9 Å². The van der Waals surface area contributed by atoms with E-state index in [2.05, 4.69) is 10.3 Å². The summed E-state index contributed by atoms with van der Waals surface area (Å²) in [6.07, 6.45) is 6.66. The van der Waals surface area contributed by atoms with Gasteiger partial charge in [0.25, 0.3) is 0 Å².